The van der Waals surface area contributed by atoms with Gasteiger partial charge in [0.05, 0.1) is 19.3 Å². The summed E-state index contributed by atoms with van der Waals surface area (Å²) < 4.78 is 5.38. The minimum atomic E-state index is 0.603. The van der Waals surface area contributed by atoms with Crippen LogP contribution in [-0.2, 0) is 4.74 Å². The number of nitrogens with zero attached hydrogens (tertiary/aromatic N) is 3. The molecule has 0 N–H and O–H groups in total. The molecule has 2 aliphatic rings. The number of hydrogen-bond acceptors (Lipinski definition) is 4. The fourth-order valence-corrected chi connectivity index (χ4v) is 2.69. The summed E-state index contributed by atoms with van der Waals surface area (Å²) >= 11 is 0. The van der Waals surface area contributed by atoms with Gasteiger partial charge in [-0.25, -0.2) is 0 Å². The molecule has 0 bridgehead atoms. The van der Waals surface area contributed by atoms with Crippen LogP contribution in [0.15, 0.2) is 5.10 Å². The van der Waals surface area contributed by atoms with Crippen molar-refractivity contribution in [3.8, 4) is 0 Å². The Morgan fingerprint density at radius 1 is 1.22 bits per heavy atom. The maximum atomic E-state index is 5.38. The molecule has 0 aliphatic carbocycles. The van der Waals surface area contributed by atoms with Crippen LogP contribution in [0.4, 0.5) is 0 Å². The molecule has 0 saturated carbocycles. The zero-order chi connectivity index (χ0) is 13.0. The van der Waals surface area contributed by atoms with Gasteiger partial charge in [0.15, 0.2) is 0 Å². The summed E-state index contributed by atoms with van der Waals surface area (Å²) in [6.07, 6.45) is 3.20. The molecule has 0 aromatic carbocycles. The van der Waals surface area contributed by atoms with Gasteiger partial charge in [0.2, 0.25) is 0 Å². The lowest BCUT2D eigenvalue weighted by atomic mass is 9.89. The number of morpholine rings is 1. The molecule has 2 heterocycles. The third-order valence-electron chi connectivity index (χ3n) is 4.37. The summed E-state index contributed by atoms with van der Waals surface area (Å²) in [5, 5.41) is 6.86. The van der Waals surface area contributed by atoms with Crippen molar-refractivity contribution in [3.63, 3.8) is 0 Å². The van der Waals surface area contributed by atoms with Gasteiger partial charge < -0.3 is 4.74 Å². The van der Waals surface area contributed by atoms with Crippen molar-refractivity contribution in [1.29, 1.82) is 0 Å². The van der Waals surface area contributed by atoms with E-state index in [1.54, 1.807) is 0 Å². The molecular weight excluding hydrogens is 226 g/mol. The van der Waals surface area contributed by atoms with Crippen LogP contribution < -0.4 is 0 Å². The van der Waals surface area contributed by atoms with Gasteiger partial charge in [-0.1, -0.05) is 20.8 Å². The summed E-state index contributed by atoms with van der Waals surface area (Å²) in [5.41, 5.74) is 0. The van der Waals surface area contributed by atoms with Crippen LogP contribution >= 0.6 is 0 Å². The molecular formula is C14H27N3O. The minimum Gasteiger partial charge on any atom is -0.379 e. The van der Waals surface area contributed by atoms with E-state index in [1.165, 1.54) is 0 Å². The summed E-state index contributed by atoms with van der Waals surface area (Å²) in [4.78, 5) is 2.48. The third kappa shape index (κ3) is 3.45. The van der Waals surface area contributed by atoms with E-state index in [0.717, 1.165) is 51.7 Å². The Hall–Kier alpha value is -0.610. The molecule has 1 saturated heterocycles. The van der Waals surface area contributed by atoms with E-state index in [1.807, 2.05) is 0 Å². The second kappa shape index (κ2) is 6.53. The van der Waals surface area contributed by atoms with Gasteiger partial charge in [-0.3, -0.25) is 9.91 Å². The Morgan fingerprint density at radius 3 is 2.61 bits per heavy atom. The molecule has 4 nitrogen and oxygen atoms in total. The lowest BCUT2D eigenvalue weighted by molar-refractivity contribution is 0.0293. The third-order valence-corrected chi connectivity index (χ3v) is 4.37. The van der Waals surface area contributed by atoms with Gasteiger partial charge in [-0.05, 0) is 11.8 Å². The fraction of sp³-hybridized carbons (Fsp3) is 0.929. The second-order valence-electron chi connectivity index (χ2n) is 5.82. The maximum absolute atomic E-state index is 5.38. The molecule has 0 radical (unpaired) electrons. The molecule has 2 rings (SSSR count). The second-order valence-corrected chi connectivity index (χ2v) is 5.82. The van der Waals surface area contributed by atoms with Gasteiger partial charge in [-0.2, -0.15) is 5.10 Å². The molecule has 104 valence electrons. The van der Waals surface area contributed by atoms with Crippen molar-refractivity contribution < 1.29 is 4.74 Å². The number of rotatable bonds is 5. The van der Waals surface area contributed by atoms with E-state index in [0.29, 0.717) is 12.0 Å². The normalized spacial score (nSPS) is 27.1. The van der Waals surface area contributed by atoms with Gasteiger partial charge in [0.25, 0.3) is 0 Å². The van der Waals surface area contributed by atoms with Crippen molar-refractivity contribution in [2.24, 2.45) is 16.9 Å². The lowest BCUT2D eigenvalue weighted by Crippen LogP contribution is -2.43. The van der Waals surface area contributed by atoms with E-state index in [-0.39, 0.29) is 0 Å². The lowest BCUT2D eigenvalue weighted by Gasteiger charge is -2.33. The minimum absolute atomic E-state index is 0.603. The first kappa shape index (κ1) is 13.8. The molecule has 18 heavy (non-hydrogen) atoms. The Labute approximate surface area is 111 Å². The monoisotopic (exact) mass is 253 g/mol. The van der Waals surface area contributed by atoms with Crippen LogP contribution in [0.2, 0.25) is 0 Å². The maximum Gasteiger partial charge on any atom is 0.0594 e. The van der Waals surface area contributed by atoms with Crippen LogP contribution in [0.1, 0.15) is 27.2 Å². The van der Waals surface area contributed by atoms with Gasteiger partial charge in [0, 0.05) is 38.8 Å². The first-order chi connectivity index (χ1) is 8.68. The van der Waals surface area contributed by atoms with Crippen molar-refractivity contribution in [3.05, 3.63) is 0 Å². The average Bonchev–Trinajstić information content (AvgIpc) is 2.84. The quantitative estimate of drug-likeness (QED) is 0.746. The van der Waals surface area contributed by atoms with Crippen LogP contribution in [0.5, 0.6) is 0 Å². The summed E-state index contributed by atoms with van der Waals surface area (Å²) in [6.45, 7) is 13.0. The zero-order valence-corrected chi connectivity index (χ0v) is 12.0. The highest BCUT2D eigenvalue weighted by Gasteiger charge is 2.28. The fourth-order valence-electron chi connectivity index (χ4n) is 2.69. The molecule has 0 aromatic rings. The van der Waals surface area contributed by atoms with Crippen LogP contribution in [0.3, 0.4) is 0 Å². The Balaban J connectivity index is 1.78. The van der Waals surface area contributed by atoms with Gasteiger partial charge >= 0.3 is 0 Å². The molecule has 4 heteroatoms. The smallest absolute Gasteiger partial charge is 0.0594 e. The van der Waals surface area contributed by atoms with Crippen molar-refractivity contribution in [2.45, 2.75) is 33.2 Å². The summed E-state index contributed by atoms with van der Waals surface area (Å²) in [6, 6.07) is 0.603. The van der Waals surface area contributed by atoms with Crippen LogP contribution in [0, 0.1) is 11.8 Å². The van der Waals surface area contributed by atoms with Crippen molar-refractivity contribution in [2.75, 3.05) is 39.4 Å². The molecule has 2 atom stereocenters. The van der Waals surface area contributed by atoms with E-state index in [9.17, 15) is 0 Å². The molecule has 0 amide bonds. The van der Waals surface area contributed by atoms with Gasteiger partial charge in [0.1, 0.15) is 0 Å². The predicted molar refractivity (Wildman–Crippen MR) is 74.9 cm³/mol. The molecule has 2 aliphatic heterocycles. The Kier molecular flexibility index (Phi) is 5.01. The zero-order valence-electron chi connectivity index (χ0n) is 12.0. The topological polar surface area (TPSA) is 28.1 Å². The molecule has 0 unspecified atom stereocenters. The predicted octanol–water partition coefficient (Wildman–Crippen LogP) is 1.67. The van der Waals surface area contributed by atoms with E-state index in [2.05, 4.69) is 42.0 Å². The van der Waals surface area contributed by atoms with E-state index in [4.69, 9.17) is 4.74 Å². The van der Waals surface area contributed by atoms with E-state index >= 15 is 0 Å². The van der Waals surface area contributed by atoms with Crippen LogP contribution in [-0.4, -0.2) is 61.6 Å². The van der Waals surface area contributed by atoms with Crippen molar-refractivity contribution >= 4 is 6.21 Å². The highest BCUT2D eigenvalue weighted by molar-refractivity contribution is 5.59. The number of hydrazone groups is 1. The highest BCUT2D eigenvalue weighted by Crippen LogP contribution is 2.24. The number of ether oxygens (including phenoxy) is 1. The standard InChI is InChI=1S/C14H27N3O/c1-12(2)13(3)14-4-5-15-17(14)7-6-16-8-10-18-11-9-16/h5,12-14H,4,6-11H2,1-3H3/t13-,14-/m1/s1. The average molecular weight is 253 g/mol. The Morgan fingerprint density at radius 2 is 1.94 bits per heavy atom. The summed E-state index contributed by atoms with van der Waals surface area (Å²) in [7, 11) is 0. The molecule has 1 fully saturated rings. The number of hydrogen-bond donors (Lipinski definition) is 0. The van der Waals surface area contributed by atoms with E-state index < -0.39 is 0 Å². The summed E-state index contributed by atoms with van der Waals surface area (Å²) in [5.74, 6) is 1.43. The first-order valence-electron chi connectivity index (χ1n) is 7.27. The first-order valence-corrected chi connectivity index (χ1v) is 7.27. The van der Waals surface area contributed by atoms with Gasteiger partial charge in [-0.15, -0.1) is 0 Å². The molecule has 0 aromatic heterocycles. The molecule has 0 spiro atoms. The largest absolute Gasteiger partial charge is 0.379 e. The SMILES string of the molecule is CC(C)[C@@H](C)[C@H]1CC=NN1CCN1CCOCC1. The van der Waals surface area contributed by atoms with Crippen molar-refractivity contribution in [1.82, 2.24) is 9.91 Å². The Bertz CT molecular complexity index is 274. The van der Waals surface area contributed by atoms with Crippen LogP contribution in [0.25, 0.3) is 0 Å². The highest BCUT2D eigenvalue weighted by atomic mass is 16.5.